The average Bonchev–Trinajstić information content (AvgIpc) is 2.72. The molecule has 0 bridgehead atoms. The molecule has 0 spiro atoms. The number of methoxy groups -OCH3 is 2. The summed E-state index contributed by atoms with van der Waals surface area (Å²) in [4.78, 5) is 8.42. The highest BCUT2D eigenvalue weighted by molar-refractivity contribution is 5.79. The number of pyridine rings is 1. The summed E-state index contributed by atoms with van der Waals surface area (Å²) >= 11 is 0. The number of hydrogen-bond donors (Lipinski definition) is 3. The number of aromatic nitrogens is 1. The molecule has 0 aliphatic carbocycles. The van der Waals surface area contributed by atoms with Crippen LogP contribution in [0, 0.1) is 0 Å². The second-order valence-electron chi connectivity index (χ2n) is 5.88. The van der Waals surface area contributed by atoms with Gasteiger partial charge in [-0.1, -0.05) is 6.07 Å². The van der Waals surface area contributed by atoms with E-state index in [1.165, 1.54) is 0 Å². The zero-order chi connectivity index (χ0) is 19.5. The molecule has 0 radical (unpaired) electrons. The number of guanidine groups is 1. The van der Waals surface area contributed by atoms with E-state index in [1.807, 2.05) is 25.1 Å². The average molecular weight is 372 g/mol. The lowest BCUT2D eigenvalue weighted by Crippen LogP contribution is -2.38. The van der Waals surface area contributed by atoms with Crippen molar-refractivity contribution in [2.75, 3.05) is 33.9 Å². The molecule has 7 heteroatoms. The Labute approximate surface area is 160 Å². The van der Waals surface area contributed by atoms with Crippen LogP contribution in [0.1, 0.15) is 24.2 Å². The maximum Gasteiger partial charge on any atom is 0.191 e. The smallest absolute Gasteiger partial charge is 0.191 e. The van der Waals surface area contributed by atoms with Crippen molar-refractivity contribution in [3.8, 4) is 11.5 Å². The summed E-state index contributed by atoms with van der Waals surface area (Å²) < 4.78 is 10.6. The first-order valence-electron chi connectivity index (χ1n) is 8.99. The summed E-state index contributed by atoms with van der Waals surface area (Å²) in [5, 5.41) is 16.7. The van der Waals surface area contributed by atoms with E-state index in [9.17, 15) is 5.11 Å². The van der Waals surface area contributed by atoms with Crippen LogP contribution < -0.4 is 20.1 Å². The molecule has 0 aliphatic rings. The second-order valence-corrected chi connectivity index (χ2v) is 5.88. The molecule has 1 atom stereocenters. The lowest BCUT2D eigenvalue weighted by Gasteiger charge is -2.14. The Bertz CT molecular complexity index is 722. The molecule has 2 rings (SSSR count). The molecule has 3 N–H and O–H groups in total. The Morgan fingerprint density at radius 1 is 1.11 bits per heavy atom. The number of benzene rings is 1. The number of nitrogens with one attached hydrogen (secondary N) is 2. The molecule has 1 unspecified atom stereocenters. The summed E-state index contributed by atoms with van der Waals surface area (Å²) in [6.07, 6.45) is 3.47. The fourth-order valence-corrected chi connectivity index (χ4v) is 2.57. The van der Waals surface area contributed by atoms with Gasteiger partial charge in [0.15, 0.2) is 17.5 Å². The molecule has 1 aromatic carbocycles. The van der Waals surface area contributed by atoms with Gasteiger partial charge in [0.05, 0.1) is 26.9 Å². The lowest BCUT2D eigenvalue weighted by molar-refractivity contribution is 0.187. The van der Waals surface area contributed by atoms with E-state index in [0.717, 1.165) is 29.8 Å². The van der Waals surface area contributed by atoms with Crippen LogP contribution in [0.15, 0.2) is 47.7 Å². The zero-order valence-corrected chi connectivity index (χ0v) is 16.1. The Balaban J connectivity index is 1.90. The van der Waals surface area contributed by atoms with E-state index in [2.05, 4.69) is 20.6 Å². The van der Waals surface area contributed by atoms with Gasteiger partial charge in [0.25, 0.3) is 0 Å². The van der Waals surface area contributed by atoms with Crippen LogP contribution in [0.5, 0.6) is 11.5 Å². The van der Waals surface area contributed by atoms with Crippen molar-refractivity contribution in [3.05, 3.63) is 53.9 Å². The molecule has 0 saturated heterocycles. The first kappa shape index (κ1) is 20.5. The lowest BCUT2D eigenvalue weighted by atomic mass is 10.1. The zero-order valence-electron chi connectivity index (χ0n) is 16.1. The van der Waals surface area contributed by atoms with Gasteiger partial charge in [-0.2, -0.15) is 0 Å². The van der Waals surface area contributed by atoms with Crippen molar-refractivity contribution in [2.24, 2.45) is 4.99 Å². The highest BCUT2D eigenvalue weighted by atomic mass is 16.5. The molecule has 0 saturated carbocycles. The molecular weight excluding hydrogens is 344 g/mol. The van der Waals surface area contributed by atoms with Gasteiger partial charge in [-0.15, -0.1) is 0 Å². The van der Waals surface area contributed by atoms with E-state index < -0.39 is 6.10 Å². The molecular formula is C20H28N4O3. The first-order chi connectivity index (χ1) is 13.2. The summed E-state index contributed by atoms with van der Waals surface area (Å²) in [7, 11) is 3.25. The molecule has 7 nitrogen and oxygen atoms in total. The van der Waals surface area contributed by atoms with Gasteiger partial charge in [0.1, 0.15) is 0 Å². The van der Waals surface area contributed by atoms with Gasteiger partial charge in [0, 0.05) is 25.5 Å². The summed E-state index contributed by atoms with van der Waals surface area (Å²) in [6.45, 7) is 3.72. The van der Waals surface area contributed by atoms with Crippen molar-refractivity contribution in [3.63, 3.8) is 0 Å². The fourth-order valence-electron chi connectivity index (χ4n) is 2.57. The summed E-state index contributed by atoms with van der Waals surface area (Å²) in [5.74, 6) is 2.11. The van der Waals surface area contributed by atoms with E-state index in [4.69, 9.17) is 9.47 Å². The Morgan fingerprint density at radius 3 is 2.52 bits per heavy atom. The predicted molar refractivity (Wildman–Crippen MR) is 106 cm³/mol. The van der Waals surface area contributed by atoms with Crippen LogP contribution in [-0.2, 0) is 6.42 Å². The second kappa shape index (κ2) is 11.0. The molecule has 27 heavy (non-hydrogen) atoms. The molecule has 0 aliphatic heterocycles. The van der Waals surface area contributed by atoms with E-state index >= 15 is 0 Å². The van der Waals surface area contributed by atoms with Gasteiger partial charge >= 0.3 is 0 Å². The third kappa shape index (κ3) is 6.45. The van der Waals surface area contributed by atoms with Crippen LogP contribution in [0.4, 0.5) is 0 Å². The molecule has 0 fully saturated rings. The van der Waals surface area contributed by atoms with Crippen molar-refractivity contribution in [2.45, 2.75) is 19.4 Å². The minimum Gasteiger partial charge on any atom is -0.493 e. The van der Waals surface area contributed by atoms with E-state index in [-0.39, 0.29) is 6.54 Å². The van der Waals surface area contributed by atoms with Gasteiger partial charge in [0.2, 0.25) is 0 Å². The van der Waals surface area contributed by atoms with Crippen LogP contribution >= 0.6 is 0 Å². The Hall–Kier alpha value is -2.80. The topological polar surface area (TPSA) is 88.0 Å². The molecule has 1 heterocycles. The number of aliphatic hydroxyl groups excluding tert-OH is 1. The minimum absolute atomic E-state index is 0.274. The number of hydrogen-bond acceptors (Lipinski definition) is 5. The summed E-state index contributed by atoms with van der Waals surface area (Å²) in [5.41, 5.74) is 1.93. The maximum absolute atomic E-state index is 10.2. The Morgan fingerprint density at radius 2 is 1.85 bits per heavy atom. The van der Waals surface area contributed by atoms with Crippen LogP contribution in [-0.4, -0.2) is 49.9 Å². The molecule has 1 aromatic heterocycles. The van der Waals surface area contributed by atoms with Gasteiger partial charge < -0.3 is 25.2 Å². The van der Waals surface area contributed by atoms with E-state index in [1.54, 1.807) is 38.7 Å². The largest absolute Gasteiger partial charge is 0.493 e. The van der Waals surface area contributed by atoms with Gasteiger partial charge in [-0.3, -0.25) is 9.98 Å². The van der Waals surface area contributed by atoms with Gasteiger partial charge in [-0.25, -0.2) is 0 Å². The fraction of sp³-hybridized carbons (Fsp3) is 0.400. The van der Waals surface area contributed by atoms with Crippen LogP contribution in [0.2, 0.25) is 0 Å². The first-order valence-corrected chi connectivity index (χ1v) is 8.99. The maximum atomic E-state index is 10.2. The molecule has 146 valence electrons. The summed E-state index contributed by atoms with van der Waals surface area (Å²) in [6, 6.07) is 9.46. The van der Waals surface area contributed by atoms with Crippen LogP contribution in [0.3, 0.4) is 0 Å². The van der Waals surface area contributed by atoms with Crippen LogP contribution in [0.25, 0.3) is 0 Å². The van der Waals surface area contributed by atoms with Crippen molar-refractivity contribution < 1.29 is 14.6 Å². The SMILES string of the molecule is CCNC(=NCC(O)c1ccncc1)NCCc1ccc(OC)c(OC)c1. The number of nitrogens with zero attached hydrogens (tertiary/aromatic N) is 2. The van der Waals surface area contributed by atoms with Crippen molar-refractivity contribution >= 4 is 5.96 Å². The molecule has 2 aromatic rings. The Kier molecular flexibility index (Phi) is 8.38. The third-order valence-electron chi connectivity index (χ3n) is 4.01. The highest BCUT2D eigenvalue weighted by Crippen LogP contribution is 2.27. The number of ether oxygens (including phenoxy) is 2. The predicted octanol–water partition coefficient (Wildman–Crippen LogP) is 1.93. The monoisotopic (exact) mass is 372 g/mol. The highest BCUT2D eigenvalue weighted by Gasteiger charge is 2.08. The van der Waals surface area contributed by atoms with Crippen molar-refractivity contribution in [1.82, 2.24) is 15.6 Å². The minimum atomic E-state index is -0.658. The third-order valence-corrected chi connectivity index (χ3v) is 4.01. The molecule has 0 amide bonds. The number of rotatable bonds is 9. The van der Waals surface area contributed by atoms with Gasteiger partial charge in [-0.05, 0) is 48.7 Å². The standard InChI is InChI=1S/C20H28N4O3/c1-4-22-20(24-14-17(25)16-8-10-21-11-9-16)23-12-7-15-5-6-18(26-2)19(13-15)27-3/h5-6,8-11,13,17,25H,4,7,12,14H2,1-3H3,(H2,22,23,24). The quantitative estimate of drug-likeness (QED) is 0.460. The van der Waals surface area contributed by atoms with E-state index in [0.29, 0.717) is 18.3 Å². The number of aliphatic imine (C=N–C) groups is 1. The normalized spacial score (nSPS) is 12.4. The number of aliphatic hydroxyl groups is 1. The van der Waals surface area contributed by atoms with Crippen molar-refractivity contribution in [1.29, 1.82) is 0 Å².